The molecule has 0 aromatic heterocycles. The fourth-order valence-electron chi connectivity index (χ4n) is 2.30. The molecule has 2 aromatic rings. The monoisotopic (exact) mass is 390 g/mol. The SMILES string of the molecule is COc1cc(COC(=O)CCC(=O)OCc2ccc(O)c(OC)c2)ccc1O. The molecule has 0 bridgehead atoms. The summed E-state index contributed by atoms with van der Waals surface area (Å²) in [6, 6.07) is 9.21. The number of benzene rings is 2. The van der Waals surface area contributed by atoms with Gasteiger partial charge in [0.1, 0.15) is 13.2 Å². The zero-order valence-corrected chi connectivity index (χ0v) is 15.6. The van der Waals surface area contributed by atoms with Gasteiger partial charge >= 0.3 is 11.9 Å². The lowest BCUT2D eigenvalue weighted by atomic mass is 10.2. The third-order valence-electron chi connectivity index (χ3n) is 3.82. The highest BCUT2D eigenvalue weighted by Crippen LogP contribution is 2.27. The second kappa shape index (κ2) is 10.1. The van der Waals surface area contributed by atoms with Gasteiger partial charge in [-0.25, -0.2) is 0 Å². The van der Waals surface area contributed by atoms with Crippen molar-refractivity contribution in [1.29, 1.82) is 0 Å². The minimum absolute atomic E-state index is 0.00216. The molecule has 28 heavy (non-hydrogen) atoms. The Labute approximate surface area is 162 Å². The molecule has 8 heteroatoms. The number of methoxy groups -OCH3 is 2. The van der Waals surface area contributed by atoms with Crippen molar-refractivity contribution in [2.45, 2.75) is 26.1 Å². The highest BCUT2D eigenvalue weighted by Gasteiger charge is 2.11. The average molecular weight is 390 g/mol. The van der Waals surface area contributed by atoms with Crippen molar-refractivity contribution >= 4 is 11.9 Å². The molecule has 0 spiro atoms. The quantitative estimate of drug-likeness (QED) is 0.629. The molecule has 2 rings (SSSR count). The number of esters is 2. The van der Waals surface area contributed by atoms with Gasteiger partial charge in [-0.2, -0.15) is 0 Å². The molecule has 0 saturated heterocycles. The van der Waals surface area contributed by atoms with Crippen LogP contribution in [0, 0.1) is 0 Å². The lowest BCUT2D eigenvalue weighted by Crippen LogP contribution is -2.10. The predicted molar refractivity (Wildman–Crippen MR) is 98.1 cm³/mol. The van der Waals surface area contributed by atoms with Crippen molar-refractivity contribution in [3.63, 3.8) is 0 Å². The molecular formula is C20H22O8. The normalized spacial score (nSPS) is 10.2. The number of phenolic OH excluding ortho intramolecular Hbond substituents is 2. The number of carbonyl (C=O) groups excluding carboxylic acids is 2. The molecule has 0 aliphatic carbocycles. The van der Waals surface area contributed by atoms with Crippen LogP contribution in [0.15, 0.2) is 36.4 Å². The van der Waals surface area contributed by atoms with Crippen LogP contribution in [0.4, 0.5) is 0 Å². The zero-order chi connectivity index (χ0) is 20.5. The number of carbonyl (C=O) groups is 2. The van der Waals surface area contributed by atoms with Crippen LogP contribution in [-0.4, -0.2) is 36.4 Å². The Morgan fingerprint density at radius 2 is 1.14 bits per heavy atom. The standard InChI is InChI=1S/C20H22O8/c1-25-17-9-13(3-5-15(17)21)11-27-19(23)7-8-20(24)28-12-14-4-6-16(22)18(10-14)26-2/h3-6,9-10,21-22H,7-8,11-12H2,1-2H3. The van der Waals surface area contributed by atoms with Crippen LogP contribution >= 0.6 is 0 Å². The number of phenols is 2. The smallest absolute Gasteiger partial charge is 0.306 e. The topological polar surface area (TPSA) is 112 Å². The van der Waals surface area contributed by atoms with Gasteiger partial charge in [0.15, 0.2) is 23.0 Å². The molecule has 2 aromatic carbocycles. The Balaban J connectivity index is 1.72. The number of hydrogen-bond acceptors (Lipinski definition) is 8. The van der Waals surface area contributed by atoms with Crippen LogP contribution in [0.5, 0.6) is 23.0 Å². The number of hydrogen-bond donors (Lipinski definition) is 2. The van der Waals surface area contributed by atoms with Crippen molar-refractivity contribution < 1.29 is 38.7 Å². The fraction of sp³-hybridized carbons (Fsp3) is 0.300. The zero-order valence-electron chi connectivity index (χ0n) is 15.6. The summed E-state index contributed by atoms with van der Waals surface area (Å²) in [7, 11) is 2.84. The van der Waals surface area contributed by atoms with Crippen molar-refractivity contribution in [3.8, 4) is 23.0 Å². The minimum Gasteiger partial charge on any atom is -0.504 e. The van der Waals surface area contributed by atoms with E-state index in [2.05, 4.69) is 0 Å². The Morgan fingerprint density at radius 1 is 0.750 bits per heavy atom. The van der Waals surface area contributed by atoms with E-state index < -0.39 is 11.9 Å². The maximum Gasteiger partial charge on any atom is 0.306 e. The second-order valence-electron chi connectivity index (χ2n) is 5.83. The van der Waals surface area contributed by atoms with Crippen LogP contribution in [-0.2, 0) is 32.3 Å². The molecule has 8 nitrogen and oxygen atoms in total. The summed E-state index contributed by atoms with van der Waals surface area (Å²) in [6.07, 6.45) is -0.236. The third kappa shape index (κ3) is 6.08. The van der Waals surface area contributed by atoms with E-state index in [1.807, 2.05) is 0 Å². The highest BCUT2D eigenvalue weighted by molar-refractivity contribution is 5.77. The third-order valence-corrected chi connectivity index (χ3v) is 3.82. The maximum absolute atomic E-state index is 11.8. The Morgan fingerprint density at radius 3 is 1.50 bits per heavy atom. The van der Waals surface area contributed by atoms with Gasteiger partial charge in [0.2, 0.25) is 0 Å². The summed E-state index contributed by atoms with van der Waals surface area (Å²) >= 11 is 0. The van der Waals surface area contributed by atoms with E-state index in [-0.39, 0.29) is 49.1 Å². The molecule has 0 radical (unpaired) electrons. The molecule has 2 N–H and O–H groups in total. The Kier molecular flexibility index (Phi) is 7.50. The first-order valence-corrected chi connectivity index (χ1v) is 8.46. The molecule has 0 saturated carbocycles. The Bertz CT molecular complexity index is 761. The molecule has 0 amide bonds. The minimum atomic E-state index is -0.546. The number of ether oxygens (including phenoxy) is 4. The van der Waals surface area contributed by atoms with Gasteiger partial charge in [0, 0.05) is 0 Å². The molecule has 0 fully saturated rings. The van der Waals surface area contributed by atoms with Crippen LogP contribution in [0.3, 0.4) is 0 Å². The predicted octanol–water partition coefficient (Wildman–Crippen LogP) is 2.68. The van der Waals surface area contributed by atoms with Crippen LogP contribution in [0.1, 0.15) is 24.0 Å². The largest absolute Gasteiger partial charge is 0.504 e. The average Bonchev–Trinajstić information content (AvgIpc) is 2.70. The lowest BCUT2D eigenvalue weighted by Gasteiger charge is -2.09. The van der Waals surface area contributed by atoms with E-state index >= 15 is 0 Å². The van der Waals surface area contributed by atoms with Crippen molar-refractivity contribution in [2.24, 2.45) is 0 Å². The lowest BCUT2D eigenvalue weighted by molar-refractivity contribution is -0.151. The summed E-state index contributed by atoms with van der Waals surface area (Å²) in [4.78, 5) is 23.6. The van der Waals surface area contributed by atoms with E-state index in [9.17, 15) is 19.8 Å². The summed E-state index contributed by atoms with van der Waals surface area (Å²) in [5.74, 6) is -0.547. The van der Waals surface area contributed by atoms with Gasteiger partial charge in [-0.15, -0.1) is 0 Å². The van der Waals surface area contributed by atoms with Gasteiger partial charge < -0.3 is 29.2 Å². The molecule has 0 aliphatic heterocycles. The van der Waals surface area contributed by atoms with Gasteiger partial charge in [-0.3, -0.25) is 9.59 Å². The van der Waals surface area contributed by atoms with E-state index in [4.69, 9.17) is 18.9 Å². The van der Waals surface area contributed by atoms with Gasteiger partial charge in [0.05, 0.1) is 27.1 Å². The highest BCUT2D eigenvalue weighted by atomic mass is 16.5. The van der Waals surface area contributed by atoms with Gasteiger partial charge in [-0.05, 0) is 35.4 Å². The molecule has 0 heterocycles. The summed E-state index contributed by atoms with van der Waals surface area (Å²) in [5.41, 5.74) is 1.29. The van der Waals surface area contributed by atoms with E-state index in [1.54, 1.807) is 24.3 Å². The first-order chi connectivity index (χ1) is 13.4. The van der Waals surface area contributed by atoms with Crippen LogP contribution in [0.25, 0.3) is 0 Å². The van der Waals surface area contributed by atoms with Crippen molar-refractivity contribution in [3.05, 3.63) is 47.5 Å². The van der Waals surface area contributed by atoms with Crippen molar-refractivity contribution in [2.75, 3.05) is 14.2 Å². The van der Waals surface area contributed by atoms with Crippen molar-refractivity contribution in [1.82, 2.24) is 0 Å². The molecular weight excluding hydrogens is 368 g/mol. The first kappa shape index (κ1) is 20.9. The molecule has 150 valence electrons. The first-order valence-electron chi connectivity index (χ1n) is 8.46. The summed E-state index contributed by atoms with van der Waals surface area (Å²) in [5, 5.41) is 19.1. The van der Waals surface area contributed by atoms with E-state index in [0.717, 1.165) is 0 Å². The molecule has 0 atom stereocenters. The maximum atomic E-state index is 11.8. The Hall–Kier alpha value is -3.42. The summed E-state index contributed by atoms with van der Waals surface area (Å²) < 4.78 is 20.2. The molecule has 0 aliphatic rings. The molecule has 0 unspecified atom stereocenters. The van der Waals surface area contributed by atoms with Crippen LogP contribution < -0.4 is 9.47 Å². The number of rotatable bonds is 9. The number of aromatic hydroxyl groups is 2. The van der Waals surface area contributed by atoms with E-state index in [1.165, 1.54) is 26.4 Å². The second-order valence-corrected chi connectivity index (χ2v) is 5.83. The fourth-order valence-corrected chi connectivity index (χ4v) is 2.30. The van der Waals surface area contributed by atoms with Crippen LogP contribution in [0.2, 0.25) is 0 Å². The summed E-state index contributed by atoms with van der Waals surface area (Å²) in [6.45, 7) is -0.00432. The van der Waals surface area contributed by atoms with Gasteiger partial charge in [0.25, 0.3) is 0 Å². The van der Waals surface area contributed by atoms with Gasteiger partial charge in [-0.1, -0.05) is 12.1 Å². The van der Waals surface area contributed by atoms with E-state index in [0.29, 0.717) is 11.1 Å².